The highest BCUT2D eigenvalue weighted by Crippen LogP contribution is 2.32. The van der Waals surface area contributed by atoms with E-state index < -0.39 is 20.0 Å². The van der Waals surface area contributed by atoms with Crippen LogP contribution in [0.3, 0.4) is 0 Å². The number of halogens is 2. The number of hydrogen-bond donors (Lipinski definition) is 1. The predicted molar refractivity (Wildman–Crippen MR) is 111 cm³/mol. The fourth-order valence-electron chi connectivity index (χ4n) is 3.06. The molecule has 0 spiro atoms. The topological polar surface area (TPSA) is 83.6 Å². The van der Waals surface area contributed by atoms with E-state index in [-0.39, 0.29) is 25.5 Å². The molecule has 6 nitrogen and oxygen atoms in total. The number of rotatable bonds is 5. The van der Waals surface area contributed by atoms with E-state index in [0.29, 0.717) is 18.7 Å². The molecule has 1 saturated heterocycles. The smallest absolute Gasteiger partial charge is 0.264 e. The van der Waals surface area contributed by atoms with Crippen LogP contribution in [0, 0.1) is 6.92 Å². The zero-order valence-electron chi connectivity index (χ0n) is 15.2. The summed E-state index contributed by atoms with van der Waals surface area (Å²) in [6.07, 6.45) is 2.63. The van der Waals surface area contributed by atoms with Crippen molar-refractivity contribution in [1.82, 2.24) is 4.31 Å². The third-order valence-corrected chi connectivity index (χ3v) is 8.81. The van der Waals surface area contributed by atoms with Gasteiger partial charge in [-0.25, -0.2) is 16.8 Å². The first-order chi connectivity index (χ1) is 13.1. The minimum atomic E-state index is -4.11. The van der Waals surface area contributed by atoms with Crippen LogP contribution >= 0.6 is 23.2 Å². The number of aryl methyl sites for hydroxylation is 1. The van der Waals surface area contributed by atoms with Crippen LogP contribution < -0.4 is 4.72 Å². The highest BCUT2D eigenvalue weighted by molar-refractivity contribution is 7.93. The average molecular weight is 463 g/mol. The van der Waals surface area contributed by atoms with Crippen LogP contribution in [-0.2, 0) is 20.0 Å². The Hall–Kier alpha value is -1.32. The van der Waals surface area contributed by atoms with Crippen LogP contribution in [0.5, 0.6) is 0 Å². The Morgan fingerprint density at radius 3 is 2.14 bits per heavy atom. The van der Waals surface area contributed by atoms with Crippen molar-refractivity contribution in [2.24, 2.45) is 0 Å². The Morgan fingerprint density at radius 1 is 0.929 bits per heavy atom. The maximum Gasteiger partial charge on any atom is 0.264 e. The number of hydrogen-bond acceptors (Lipinski definition) is 4. The maximum atomic E-state index is 12.9. The minimum absolute atomic E-state index is 0.0188. The SMILES string of the molecule is Cc1ccc(S(=O)(=O)N2CCCCC2)cc1NS(=O)(=O)c1c(Cl)cccc1Cl. The van der Waals surface area contributed by atoms with Crippen LogP contribution in [0.4, 0.5) is 5.69 Å². The van der Waals surface area contributed by atoms with Crippen molar-refractivity contribution in [3.8, 4) is 0 Å². The lowest BCUT2D eigenvalue weighted by atomic mass is 10.2. The first kappa shape index (κ1) is 21.4. The number of benzene rings is 2. The largest absolute Gasteiger partial charge is 0.279 e. The Balaban J connectivity index is 1.98. The Bertz CT molecular complexity index is 1080. The standard InChI is InChI=1S/C18H20Cl2N2O4S2/c1-13-8-9-14(28(25,26)22-10-3-2-4-11-22)12-17(13)21-27(23,24)18-15(19)6-5-7-16(18)20/h5-9,12,21H,2-4,10-11H2,1H3. The van der Waals surface area contributed by atoms with Gasteiger partial charge in [-0.2, -0.15) is 4.31 Å². The van der Waals surface area contributed by atoms with Gasteiger partial charge in [0.05, 0.1) is 20.6 Å². The van der Waals surface area contributed by atoms with Gasteiger partial charge in [-0.1, -0.05) is 41.8 Å². The van der Waals surface area contributed by atoms with E-state index in [1.54, 1.807) is 19.1 Å². The molecular weight excluding hydrogens is 443 g/mol. The molecule has 0 radical (unpaired) electrons. The van der Waals surface area contributed by atoms with Gasteiger partial charge in [-0.05, 0) is 49.6 Å². The number of piperidine rings is 1. The normalized spacial score (nSPS) is 16.1. The molecule has 152 valence electrons. The number of nitrogens with zero attached hydrogens (tertiary/aromatic N) is 1. The molecule has 28 heavy (non-hydrogen) atoms. The molecule has 1 aliphatic rings. The van der Waals surface area contributed by atoms with E-state index in [1.807, 2.05) is 0 Å². The van der Waals surface area contributed by atoms with Gasteiger partial charge in [0.25, 0.3) is 10.0 Å². The first-order valence-electron chi connectivity index (χ1n) is 8.70. The molecule has 1 heterocycles. The maximum absolute atomic E-state index is 12.9. The Labute approximate surface area is 175 Å². The molecule has 1 aliphatic heterocycles. The number of nitrogens with one attached hydrogen (secondary N) is 1. The monoisotopic (exact) mass is 462 g/mol. The molecule has 1 fully saturated rings. The molecule has 0 saturated carbocycles. The summed E-state index contributed by atoms with van der Waals surface area (Å²) in [5.74, 6) is 0. The van der Waals surface area contributed by atoms with Crippen LogP contribution in [0.2, 0.25) is 10.0 Å². The van der Waals surface area contributed by atoms with E-state index in [2.05, 4.69) is 4.72 Å². The highest BCUT2D eigenvalue weighted by atomic mass is 35.5. The van der Waals surface area contributed by atoms with Gasteiger partial charge < -0.3 is 0 Å². The van der Waals surface area contributed by atoms with Crippen molar-refractivity contribution in [1.29, 1.82) is 0 Å². The van der Waals surface area contributed by atoms with Crippen molar-refractivity contribution < 1.29 is 16.8 Å². The van der Waals surface area contributed by atoms with Gasteiger partial charge in [0, 0.05) is 13.1 Å². The lowest BCUT2D eigenvalue weighted by molar-refractivity contribution is 0.346. The van der Waals surface area contributed by atoms with Crippen molar-refractivity contribution >= 4 is 48.9 Å². The molecular formula is C18H20Cl2N2O4S2. The zero-order valence-corrected chi connectivity index (χ0v) is 18.3. The Morgan fingerprint density at radius 2 is 1.54 bits per heavy atom. The minimum Gasteiger partial charge on any atom is -0.279 e. The van der Waals surface area contributed by atoms with Gasteiger partial charge in [0.15, 0.2) is 0 Å². The fraction of sp³-hybridized carbons (Fsp3) is 0.333. The van der Waals surface area contributed by atoms with E-state index in [1.165, 1.54) is 28.6 Å². The number of anilines is 1. The second kappa shape index (κ2) is 8.20. The van der Waals surface area contributed by atoms with Crippen molar-refractivity contribution in [3.63, 3.8) is 0 Å². The molecule has 2 aromatic carbocycles. The zero-order chi connectivity index (χ0) is 20.5. The van der Waals surface area contributed by atoms with Gasteiger partial charge in [0.2, 0.25) is 10.0 Å². The second-order valence-electron chi connectivity index (χ2n) is 6.60. The van der Waals surface area contributed by atoms with Gasteiger partial charge in [-0.15, -0.1) is 0 Å². The van der Waals surface area contributed by atoms with Crippen molar-refractivity contribution in [2.45, 2.75) is 36.0 Å². The lowest BCUT2D eigenvalue weighted by Crippen LogP contribution is -2.35. The second-order valence-corrected chi connectivity index (χ2v) is 11.0. The van der Waals surface area contributed by atoms with E-state index in [0.717, 1.165) is 19.3 Å². The molecule has 0 unspecified atom stereocenters. The third kappa shape index (κ3) is 4.31. The molecule has 0 atom stereocenters. The summed E-state index contributed by atoms with van der Waals surface area (Å²) in [6.45, 7) is 2.61. The van der Waals surface area contributed by atoms with Gasteiger partial charge >= 0.3 is 0 Å². The molecule has 2 aromatic rings. The lowest BCUT2D eigenvalue weighted by Gasteiger charge is -2.26. The summed E-state index contributed by atoms with van der Waals surface area (Å²) in [5, 5.41) is -0.0375. The van der Waals surface area contributed by atoms with Crippen LogP contribution in [-0.4, -0.2) is 34.2 Å². The summed E-state index contributed by atoms with van der Waals surface area (Å²) in [6, 6.07) is 8.78. The van der Waals surface area contributed by atoms with Crippen molar-refractivity contribution in [2.75, 3.05) is 17.8 Å². The van der Waals surface area contributed by atoms with E-state index >= 15 is 0 Å². The van der Waals surface area contributed by atoms with Crippen LogP contribution in [0.15, 0.2) is 46.2 Å². The fourth-order valence-corrected chi connectivity index (χ4v) is 6.87. The van der Waals surface area contributed by atoms with Crippen molar-refractivity contribution in [3.05, 3.63) is 52.0 Å². The molecule has 3 rings (SSSR count). The Kier molecular flexibility index (Phi) is 6.26. The third-order valence-electron chi connectivity index (χ3n) is 4.59. The van der Waals surface area contributed by atoms with Gasteiger partial charge in [-0.3, -0.25) is 4.72 Å². The highest BCUT2D eigenvalue weighted by Gasteiger charge is 2.28. The summed E-state index contributed by atoms with van der Waals surface area (Å²) >= 11 is 12.0. The predicted octanol–water partition coefficient (Wildman–Crippen LogP) is 4.28. The summed E-state index contributed by atoms with van der Waals surface area (Å²) in [5.41, 5.74) is 0.735. The quantitative estimate of drug-likeness (QED) is 0.718. The number of sulfonamides is 2. The average Bonchev–Trinajstić information content (AvgIpc) is 2.63. The molecule has 1 N–H and O–H groups in total. The summed E-state index contributed by atoms with van der Waals surface area (Å²) < 4.78 is 55.3. The molecule has 0 amide bonds. The van der Waals surface area contributed by atoms with E-state index in [4.69, 9.17) is 23.2 Å². The summed E-state index contributed by atoms with van der Waals surface area (Å²) in [7, 11) is -7.80. The molecule has 0 aromatic heterocycles. The van der Waals surface area contributed by atoms with Gasteiger partial charge in [0.1, 0.15) is 4.90 Å². The summed E-state index contributed by atoms with van der Waals surface area (Å²) in [4.78, 5) is -0.204. The van der Waals surface area contributed by atoms with Crippen LogP contribution in [0.25, 0.3) is 0 Å². The van der Waals surface area contributed by atoms with E-state index in [9.17, 15) is 16.8 Å². The first-order valence-corrected chi connectivity index (χ1v) is 12.4. The molecule has 0 bridgehead atoms. The molecule has 10 heteroatoms. The van der Waals surface area contributed by atoms with Crippen LogP contribution in [0.1, 0.15) is 24.8 Å². The molecule has 0 aliphatic carbocycles.